The Hall–Kier alpha value is -2.96. The maximum Gasteiger partial charge on any atom is 0.357 e. The minimum absolute atomic E-state index is 0.0427. The SMILES string of the molecule is O=C(CN1CCN(CCO)CC1)[N+]1(Cl)c2ncccc2-c2n[nH]c(=O)n2-c2cccc(F)c21. The largest absolute Gasteiger partial charge is 0.395 e. The molecule has 1 atom stereocenters. The molecule has 2 N–H and O–H groups in total. The number of para-hydroxylation sites is 1. The van der Waals surface area contributed by atoms with Gasteiger partial charge in [-0.1, -0.05) is 10.1 Å². The molecule has 0 aliphatic carbocycles. The first-order valence-electron chi connectivity index (χ1n) is 10.6. The molecule has 0 radical (unpaired) electrons. The molecule has 1 amide bonds. The van der Waals surface area contributed by atoms with E-state index in [0.29, 0.717) is 38.3 Å². The van der Waals surface area contributed by atoms with Crippen LogP contribution in [0.25, 0.3) is 17.1 Å². The van der Waals surface area contributed by atoms with Gasteiger partial charge in [0.2, 0.25) is 5.69 Å². The van der Waals surface area contributed by atoms with Crippen LogP contribution in [-0.4, -0.2) is 86.4 Å². The Labute approximate surface area is 193 Å². The van der Waals surface area contributed by atoms with Crippen LogP contribution in [0, 0.1) is 5.82 Å². The van der Waals surface area contributed by atoms with Gasteiger partial charge in [-0.05, 0) is 24.3 Å². The van der Waals surface area contributed by atoms with Crippen LogP contribution < -0.4 is 9.69 Å². The number of benzene rings is 1. The van der Waals surface area contributed by atoms with Crippen molar-refractivity contribution >= 4 is 29.2 Å². The first-order valence-corrected chi connectivity index (χ1v) is 10.9. The Kier molecular flexibility index (Phi) is 5.59. The van der Waals surface area contributed by atoms with Crippen LogP contribution in [0.2, 0.25) is 0 Å². The number of piperazine rings is 1. The quantitative estimate of drug-likeness (QED) is 0.543. The number of pyridine rings is 1. The lowest BCUT2D eigenvalue weighted by Crippen LogP contribution is -2.53. The first kappa shape index (κ1) is 21.9. The third kappa shape index (κ3) is 3.49. The van der Waals surface area contributed by atoms with Gasteiger partial charge in [0.15, 0.2) is 23.4 Å². The average Bonchev–Trinajstić information content (AvgIpc) is 3.16. The lowest BCUT2D eigenvalue weighted by molar-refractivity contribution is -0.126. The number of aliphatic hydroxyl groups excluding tert-OH is 1. The van der Waals surface area contributed by atoms with Gasteiger partial charge >= 0.3 is 11.6 Å². The number of β-amino-alcohol motifs (C(OH)–C–C–N with tert-alkyl or cyclic N) is 1. The second-order valence-electron chi connectivity index (χ2n) is 7.99. The van der Waals surface area contributed by atoms with Gasteiger partial charge in [0.05, 0.1) is 6.61 Å². The molecule has 0 bridgehead atoms. The molecule has 1 aromatic carbocycles. The summed E-state index contributed by atoms with van der Waals surface area (Å²) in [5.74, 6) is -0.963. The van der Waals surface area contributed by atoms with E-state index in [9.17, 15) is 9.59 Å². The molecule has 33 heavy (non-hydrogen) atoms. The van der Waals surface area contributed by atoms with Gasteiger partial charge in [0.1, 0.15) is 17.8 Å². The number of halogens is 2. The summed E-state index contributed by atoms with van der Waals surface area (Å²) < 4.78 is 15.5. The van der Waals surface area contributed by atoms with Crippen LogP contribution in [-0.2, 0) is 4.79 Å². The van der Waals surface area contributed by atoms with Crippen molar-refractivity contribution < 1.29 is 14.3 Å². The molecule has 0 saturated carbocycles. The number of fused-ring (bicyclic) bond motifs is 5. The van der Waals surface area contributed by atoms with E-state index in [2.05, 4.69) is 20.1 Å². The van der Waals surface area contributed by atoms with E-state index >= 15 is 4.39 Å². The Morgan fingerprint density at radius 2 is 1.94 bits per heavy atom. The molecule has 2 aliphatic heterocycles. The summed E-state index contributed by atoms with van der Waals surface area (Å²) in [4.78, 5) is 34.8. The smallest absolute Gasteiger partial charge is 0.357 e. The fourth-order valence-corrected chi connectivity index (χ4v) is 4.81. The second-order valence-corrected chi connectivity index (χ2v) is 8.50. The van der Waals surface area contributed by atoms with Crippen molar-refractivity contribution in [2.45, 2.75) is 0 Å². The summed E-state index contributed by atoms with van der Waals surface area (Å²) in [7, 11) is 0. The highest BCUT2D eigenvalue weighted by Crippen LogP contribution is 2.48. The van der Waals surface area contributed by atoms with Crippen LogP contribution in [0.1, 0.15) is 0 Å². The topological polar surface area (TPSA) is 107 Å². The molecule has 4 heterocycles. The number of hydrogen-bond acceptors (Lipinski definition) is 7. The van der Waals surface area contributed by atoms with Gasteiger partial charge in [-0.3, -0.25) is 9.80 Å². The van der Waals surface area contributed by atoms with E-state index in [1.54, 1.807) is 12.1 Å². The Bertz CT molecular complexity index is 1270. The molecule has 12 heteroatoms. The molecule has 2 aliphatic rings. The second kappa shape index (κ2) is 8.43. The van der Waals surface area contributed by atoms with Crippen molar-refractivity contribution in [2.24, 2.45) is 0 Å². The Morgan fingerprint density at radius 1 is 1.18 bits per heavy atom. The highest BCUT2D eigenvalue weighted by molar-refractivity contribution is 6.36. The zero-order valence-corrected chi connectivity index (χ0v) is 18.4. The maximum absolute atomic E-state index is 15.4. The molecule has 2 aromatic heterocycles. The molecular weight excluding hydrogens is 453 g/mol. The number of rotatable bonds is 4. The van der Waals surface area contributed by atoms with E-state index < -0.39 is 21.4 Å². The molecule has 1 fully saturated rings. The van der Waals surface area contributed by atoms with E-state index in [1.807, 2.05) is 4.90 Å². The maximum atomic E-state index is 15.4. The summed E-state index contributed by atoms with van der Waals surface area (Å²) in [5.41, 5.74) is -0.282. The number of nitrogens with zero attached hydrogens (tertiary/aromatic N) is 6. The predicted molar refractivity (Wildman–Crippen MR) is 120 cm³/mol. The zero-order valence-electron chi connectivity index (χ0n) is 17.6. The van der Waals surface area contributed by atoms with Crippen molar-refractivity contribution in [1.29, 1.82) is 0 Å². The van der Waals surface area contributed by atoms with Crippen molar-refractivity contribution in [3.63, 3.8) is 0 Å². The van der Waals surface area contributed by atoms with Crippen LogP contribution >= 0.6 is 11.8 Å². The number of aromatic amines is 1. The standard InChI is InChI=1S/C21H21ClFN7O3/c22-30(17(32)13-28-9-7-27(8-10-28)11-12-31)18-15(23)4-1-5-16(18)29-19(25-26-21(29)33)14-3-2-6-24-20(14)30/h1-6,31H,7-13H2/p+1. The number of quaternary nitrogens is 1. The van der Waals surface area contributed by atoms with Crippen LogP contribution in [0.4, 0.5) is 15.9 Å². The van der Waals surface area contributed by atoms with Gasteiger partial charge < -0.3 is 5.11 Å². The third-order valence-electron chi connectivity index (χ3n) is 6.09. The fourth-order valence-electron chi connectivity index (χ4n) is 4.46. The number of amides is 1. The number of carbonyl (C=O) groups excluding carboxylic acids is 1. The molecule has 10 nitrogen and oxygen atoms in total. The van der Waals surface area contributed by atoms with Gasteiger partial charge in [0.25, 0.3) is 5.82 Å². The van der Waals surface area contributed by atoms with Crippen LogP contribution in [0.5, 0.6) is 0 Å². The molecule has 3 aromatic rings. The zero-order chi connectivity index (χ0) is 23.2. The van der Waals surface area contributed by atoms with E-state index in [4.69, 9.17) is 16.9 Å². The Balaban J connectivity index is 1.62. The number of hydrogen-bond donors (Lipinski definition) is 2. The highest BCUT2D eigenvalue weighted by Gasteiger charge is 2.52. The number of aliphatic hydroxyl groups is 1. The van der Waals surface area contributed by atoms with Crippen molar-refractivity contribution in [2.75, 3.05) is 45.9 Å². The van der Waals surface area contributed by atoms with Crippen molar-refractivity contribution in [3.05, 3.63) is 52.8 Å². The fraction of sp³-hybridized carbons (Fsp3) is 0.333. The Morgan fingerprint density at radius 3 is 2.70 bits per heavy atom. The number of nitrogens with one attached hydrogen (secondary N) is 1. The monoisotopic (exact) mass is 474 g/mol. The summed E-state index contributed by atoms with van der Waals surface area (Å²) >= 11 is 7.06. The lowest BCUT2D eigenvalue weighted by Gasteiger charge is -2.35. The van der Waals surface area contributed by atoms with Crippen LogP contribution in [0.3, 0.4) is 0 Å². The van der Waals surface area contributed by atoms with Gasteiger partial charge in [-0.25, -0.2) is 28.6 Å². The van der Waals surface area contributed by atoms with Gasteiger partial charge in [-0.2, -0.15) is 5.10 Å². The number of carbonyl (C=O) groups is 1. The molecule has 0 spiro atoms. The van der Waals surface area contributed by atoms with E-state index in [0.717, 1.165) is 0 Å². The highest BCUT2D eigenvalue weighted by atomic mass is 35.5. The molecule has 172 valence electrons. The average molecular weight is 475 g/mol. The molecule has 5 rings (SSSR count). The van der Waals surface area contributed by atoms with Crippen molar-refractivity contribution in [1.82, 2.24) is 33.6 Å². The van der Waals surface area contributed by atoms with Crippen molar-refractivity contribution in [3.8, 4) is 17.1 Å². The minimum Gasteiger partial charge on any atom is -0.395 e. The minimum atomic E-state index is -1.06. The summed E-state index contributed by atoms with van der Waals surface area (Å²) in [5, 5.41) is 15.6. The molecule has 1 unspecified atom stereocenters. The summed E-state index contributed by atoms with van der Waals surface area (Å²) in [6.07, 6.45) is 1.47. The first-order chi connectivity index (χ1) is 15.9. The number of aromatic nitrogens is 4. The van der Waals surface area contributed by atoms with E-state index in [1.165, 1.54) is 29.0 Å². The predicted octanol–water partition coefficient (Wildman–Crippen LogP) is 1.00. The van der Waals surface area contributed by atoms with Crippen LogP contribution in [0.15, 0.2) is 41.3 Å². The summed E-state index contributed by atoms with van der Waals surface area (Å²) in [6, 6.07) is 7.47. The molecular formula is C21H22ClFN7O3+. The summed E-state index contributed by atoms with van der Waals surface area (Å²) in [6.45, 7) is 3.20. The molecule has 1 saturated heterocycles. The van der Waals surface area contributed by atoms with Gasteiger partial charge in [-0.15, -0.1) is 0 Å². The van der Waals surface area contributed by atoms with E-state index in [-0.39, 0.29) is 36.2 Å². The third-order valence-corrected chi connectivity index (χ3v) is 6.61. The lowest BCUT2D eigenvalue weighted by atomic mass is 10.2. The normalized spacial score (nSPS) is 20.6. The van der Waals surface area contributed by atoms with Gasteiger partial charge in [0, 0.05) is 38.9 Å². The number of H-pyrrole nitrogens is 1.